The number of rotatable bonds is 4. The number of hydrogen-bond donors (Lipinski definition) is 1. The van der Waals surface area contributed by atoms with Gasteiger partial charge in [0.2, 0.25) is 0 Å². The van der Waals surface area contributed by atoms with Crippen molar-refractivity contribution in [3.8, 4) is 11.1 Å². The van der Waals surface area contributed by atoms with E-state index in [0.717, 1.165) is 26.2 Å². The van der Waals surface area contributed by atoms with E-state index in [2.05, 4.69) is 82.8 Å². The summed E-state index contributed by atoms with van der Waals surface area (Å²) in [7, 11) is 0. The largest absolute Gasteiger partial charge is 0.315 e. The maximum Gasteiger partial charge on any atom is 0.0605 e. The molecule has 0 saturated carbocycles. The SMILES string of the molecule is Cc1cnccc1C(c1ccc(-c2ccccc2)cc1)N1CCCNCC1. The molecule has 1 fully saturated rings. The highest BCUT2D eigenvalue weighted by molar-refractivity contribution is 5.63. The zero-order chi connectivity index (χ0) is 18.5. The van der Waals surface area contributed by atoms with Gasteiger partial charge in [-0.05, 0) is 53.8 Å². The number of aromatic nitrogens is 1. The average molecular weight is 358 g/mol. The molecule has 1 aromatic heterocycles. The third-order valence-electron chi connectivity index (χ3n) is 5.43. The van der Waals surface area contributed by atoms with Gasteiger partial charge in [0.1, 0.15) is 0 Å². The van der Waals surface area contributed by atoms with E-state index in [4.69, 9.17) is 0 Å². The lowest BCUT2D eigenvalue weighted by atomic mass is 9.93. The topological polar surface area (TPSA) is 28.2 Å². The van der Waals surface area contributed by atoms with Crippen LogP contribution in [0.2, 0.25) is 0 Å². The molecule has 1 aliphatic rings. The van der Waals surface area contributed by atoms with Gasteiger partial charge < -0.3 is 5.32 Å². The van der Waals surface area contributed by atoms with E-state index >= 15 is 0 Å². The Morgan fingerprint density at radius 1 is 0.889 bits per heavy atom. The van der Waals surface area contributed by atoms with Gasteiger partial charge in [-0.2, -0.15) is 0 Å². The van der Waals surface area contributed by atoms with Gasteiger partial charge in [0.05, 0.1) is 6.04 Å². The number of benzene rings is 2. The van der Waals surface area contributed by atoms with Crippen LogP contribution in [0.25, 0.3) is 11.1 Å². The Kier molecular flexibility index (Phi) is 5.61. The molecule has 1 aliphatic heterocycles. The molecule has 138 valence electrons. The standard InChI is InChI=1S/C24H27N3/c1-19-18-26-14-12-23(19)24(27-16-5-13-25-15-17-27)22-10-8-21(9-11-22)20-6-3-2-4-7-20/h2-4,6-12,14,18,24-25H,5,13,15-17H2,1H3. The number of pyridine rings is 1. The van der Waals surface area contributed by atoms with Crippen LogP contribution in [0.1, 0.15) is 29.2 Å². The van der Waals surface area contributed by atoms with Crippen LogP contribution in [0.5, 0.6) is 0 Å². The van der Waals surface area contributed by atoms with Crippen LogP contribution in [-0.2, 0) is 0 Å². The minimum Gasteiger partial charge on any atom is -0.315 e. The van der Waals surface area contributed by atoms with Crippen molar-refractivity contribution in [3.05, 3.63) is 89.7 Å². The van der Waals surface area contributed by atoms with Crippen molar-refractivity contribution >= 4 is 0 Å². The van der Waals surface area contributed by atoms with Crippen LogP contribution < -0.4 is 5.32 Å². The predicted octanol–water partition coefficient (Wildman–Crippen LogP) is 4.44. The molecule has 27 heavy (non-hydrogen) atoms. The van der Waals surface area contributed by atoms with Crippen molar-refractivity contribution in [2.75, 3.05) is 26.2 Å². The van der Waals surface area contributed by atoms with E-state index in [-0.39, 0.29) is 6.04 Å². The fourth-order valence-electron chi connectivity index (χ4n) is 3.99. The molecule has 0 aliphatic carbocycles. The van der Waals surface area contributed by atoms with Gasteiger partial charge in [-0.15, -0.1) is 0 Å². The van der Waals surface area contributed by atoms with Gasteiger partial charge in [0.15, 0.2) is 0 Å². The van der Waals surface area contributed by atoms with Gasteiger partial charge in [-0.3, -0.25) is 9.88 Å². The summed E-state index contributed by atoms with van der Waals surface area (Å²) in [6.45, 7) is 6.49. The second-order valence-electron chi connectivity index (χ2n) is 7.26. The fourth-order valence-corrected chi connectivity index (χ4v) is 3.99. The lowest BCUT2D eigenvalue weighted by Crippen LogP contribution is -2.33. The zero-order valence-electron chi connectivity index (χ0n) is 15.9. The first-order chi connectivity index (χ1) is 13.3. The Labute approximate surface area is 162 Å². The molecule has 0 amide bonds. The highest BCUT2D eigenvalue weighted by Crippen LogP contribution is 2.32. The maximum absolute atomic E-state index is 4.31. The summed E-state index contributed by atoms with van der Waals surface area (Å²) in [5, 5.41) is 3.53. The van der Waals surface area contributed by atoms with Crippen LogP contribution in [0.3, 0.4) is 0 Å². The summed E-state index contributed by atoms with van der Waals surface area (Å²) in [6, 6.07) is 22.1. The first kappa shape index (κ1) is 17.9. The van der Waals surface area contributed by atoms with Crippen molar-refractivity contribution in [3.63, 3.8) is 0 Å². The van der Waals surface area contributed by atoms with E-state index in [1.54, 1.807) is 0 Å². The molecule has 0 spiro atoms. The highest BCUT2D eigenvalue weighted by atomic mass is 15.2. The van der Waals surface area contributed by atoms with Crippen molar-refractivity contribution in [1.82, 2.24) is 15.2 Å². The van der Waals surface area contributed by atoms with E-state index in [0.29, 0.717) is 0 Å². The molecule has 3 nitrogen and oxygen atoms in total. The number of aryl methyl sites for hydroxylation is 1. The summed E-state index contributed by atoms with van der Waals surface area (Å²) in [4.78, 5) is 6.92. The maximum atomic E-state index is 4.31. The second kappa shape index (κ2) is 8.47. The number of hydrogen-bond acceptors (Lipinski definition) is 3. The third kappa shape index (κ3) is 4.10. The van der Waals surface area contributed by atoms with Crippen molar-refractivity contribution < 1.29 is 0 Å². The molecule has 1 unspecified atom stereocenters. The van der Waals surface area contributed by atoms with Crippen LogP contribution in [0.15, 0.2) is 73.1 Å². The molecule has 3 heteroatoms. The molecule has 4 rings (SSSR count). The molecule has 0 radical (unpaired) electrons. The molecular weight excluding hydrogens is 330 g/mol. The lowest BCUT2D eigenvalue weighted by molar-refractivity contribution is 0.240. The summed E-state index contributed by atoms with van der Waals surface area (Å²) in [6.07, 6.45) is 5.09. The molecule has 1 atom stereocenters. The molecule has 2 heterocycles. The Morgan fingerprint density at radius 2 is 1.67 bits per heavy atom. The Balaban J connectivity index is 1.71. The van der Waals surface area contributed by atoms with Crippen LogP contribution in [-0.4, -0.2) is 36.1 Å². The van der Waals surface area contributed by atoms with Gasteiger partial charge >= 0.3 is 0 Å². The summed E-state index contributed by atoms with van der Waals surface area (Å²) in [5.74, 6) is 0. The van der Waals surface area contributed by atoms with Crippen molar-refractivity contribution in [2.45, 2.75) is 19.4 Å². The summed E-state index contributed by atoms with van der Waals surface area (Å²) in [5.41, 5.74) is 6.50. The van der Waals surface area contributed by atoms with E-state index in [1.807, 2.05) is 12.4 Å². The predicted molar refractivity (Wildman–Crippen MR) is 112 cm³/mol. The number of nitrogens with one attached hydrogen (secondary N) is 1. The van der Waals surface area contributed by atoms with Crippen LogP contribution in [0.4, 0.5) is 0 Å². The van der Waals surface area contributed by atoms with Crippen LogP contribution >= 0.6 is 0 Å². The smallest absolute Gasteiger partial charge is 0.0605 e. The van der Waals surface area contributed by atoms with Gasteiger partial charge in [0, 0.05) is 32.0 Å². The molecule has 1 N–H and O–H groups in total. The quantitative estimate of drug-likeness (QED) is 0.748. The minimum absolute atomic E-state index is 0.276. The summed E-state index contributed by atoms with van der Waals surface area (Å²) < 4.78 is 0. The van der Waals surface area contributed by atoms with E-state index in [9.17, 15) is 0 Å². The minimum atomic E-state index is 0.276. The van der Waals surface area contributed by atoms with Crippen LogP contribution in [0, 0.1) is 6.92 Å². The molecular formula is C24H27N3. The summed E-state index contributed by atoms with van der Waals surface area (Å²) >= 11 is 0. The first-order valence-corrected chi connectivity index (χ1v) is 9.83. The van der Waals surface area contributed by atoms with Gasteiger partial charge in [-0.25, -0.2) is 0 Å². The normalized spacial score (nSPS) is 16.6. The van der Waals surface area contributed by atoms with E-state index in [1.165, 1.54) is 34.2 Å². The molecule has 1 saturated heterocycles. The molecule has 2 aromatic carbocycles. The highest BCUT2D eigenvalue weighted by Gasteiger charge is 2.24. The van der Waals surface area contributed by atoms with Crippen molar-refractivity contribution in [2.24, 2.45) is 0 Å². The van der Waals surface area contributed by atoms with Gasteiger partial charge in [0.25, 0.3) is 0 Å². The molecule has 3 aromatic rings. The zero-order valence-corrected chi connectivity index (χ0v) is 15.9. The second-order valence-corrected chi connectivity index (χ2v) is 7.26. The van der Waals surface area contributed by atoms with Crippen molar-refractivity contribution in [1.29, 1.82) is 0 Å². The van der Waals surface area contributed by atoms with Gasteiger partial charge in [-0.1, -0.05) is 54.6 Å². The third-order valence-corrected chi connectivity index (χ3v) is 5.43. The first-order valence-electron chi connectivity index (χ1n) is 9.83. The Bertz CT molecular complexity index is 850. The number of nitrogens with zero attached hydrogens (tertiary/aromatic N) is 2. The fraction of sp³-hybridized carbons (Fsp3) is 0.292. The Morgan fingerprint density at radius 3 is 2.44 bits per heavy atom. The monoisotopic (exact) mass is 357 g/mol. The lowest BCUT2D eigenvalue weighted by Gasteiger charge is -2.32. The molecule has 0 bridgehead atoms. The van der Waals surface area contributed by atoms with E-state index < -0.39 is 0 Å². The Hall–Kier alpha value is -2.49. The average Bonchev–Trinajstić information content (AvgIpc) is 3.00.